The second-order valence-electron chi connectivity index (χ2n) is 9.26. The lowest BCUT2D eigenvalue weighted by Gasteiger charge is -2.33. The van der Waals surface area contributed by atoms with Gasteiger partial charge in [0.15, 0.2) is 0 Å². The predicted molar refractivity (Wildman–Crippen MR) is 146 cm³/mol. The van der Waals surface area contributed by atoms with E-state index in [0.717, 1.165) is 17.9 Å². The quantitative estimate of drug-likeness (QED) is 0.278. The number of hydrogen-bond donors (Lipinski definition) is 3. The van der Waals surface area contributed by atoms with Crippen LogP contribution in [-0.4, -0.2) is 65.5 Å². The van der Waals surface area contributed by atoms with Crippen molar-refractivity contribution in [2.45, 2.75) is 36.1 Å². The zero-order valence-corrected chi connectivity index (χ0v) is 22.9. The van der Waals surface area contributed by atoms with Gasteiger partial charge >= 0.3 is 6.18 Å². The Morgan fingerprint density at radius 2 is 2.00 bits per heavy atom. The maximum absolute atomic E-state index is 14.6. The van der Waals surface area contributed by atoms with E-state index >= 15 is 0 Å². The average molecular weight is 585 g/mol. The molecule has 1 aliphatic heterocycles. The van der Waals surface area contributed by atoms with E-state index < -0.39 is 34.8 Å². The van der Waals surface area contributed by atoms with Gasteiger partial charge in [0.25, 0.3) is 0 Å². The Balaban J connectivity index is 1.61. The summed E-state index contributed by atoms with van der Waals surface area (Å²) < 4.78 is 84.1. The molecule has 0 amide bonds. The Morgan fingerprint density at radius 3 is 2.67 bits per heavy atom. The van der Waals surface area contributed by atoms with Crippen LogP contribution in [0.5, 0.6) is 5.75 Å². The Bertz CT molecular complexity index is 1510. The molecule has 2 aromatic carbocycles. The Labute approximate surface area is 228 Å². The van der Waals surface area contributed by atoms with Crippen LogP contribution >= 0.6 is 11.3 Å². The lowest BCUT2D eigenvalue weighted by atomic mass is 10.0. The molecule has 13 heteroatoms. The van der Waals surface area contributed by atoms with Gasteiger partial charge in [0.05, 0.1) is 52.0 Å². The smallest absolute Gasteiger partial charge is 0.393 e. The molecule has 0 radical (unpaired) electrons. The van der Waals surface area contributed by atoms with Crippen LogP contribution in [0.2, 0.25) is 0 Å². The van der Waals surface area contributed by atoms with Gasteiger partial charge in [-0.25, -0.2) is 17.9 Å². The fraction of sp³-hybridized carbons (Fsp3) is 0.385. The standard InChI is InChI=1S/C26H28F4N4O3S2/c1-34-12-10-20(19(27)15-34)33-22-6-3-5-17-18(14-26(28,29)30)24(38-25(17)22)7-4-11-32-21-9-8-16(39(31,35)36)13-23(21)37-2/h3,5-6,8-9,13,19-20,32-33H,10-12,14-15H2,1-2H3,(H2,31,35,36). The van der Waals surface area contributed by atoms with E-state index in [1.54, 1.807) is 18.2 Å². The second kappa shape index (κ2) is 11.6. The maximum atomic E-state index is 14.6. The Hall–Kier alpha value is -3.05. The van der Waals surface area contributed by atoms with Gasteiger partial charge in [-0.3, -0.25) is 0 Å². The van der Waals surface area contributed by atoms with Crippen molar-refractivity contribution in [2.24, 2.45) is 5.14 Å². The minimum absolute atomic E-state index is 0.0506. The molecular formula is C26H28F4N4O3S2. The Kier molecular flexibility index (Phi) is 8.60. The van der Waals surface area contributed by atoms with Gasteiger partial charge in [0, 0.05) is 19.2 Å². The number of anilines is 2. The lowest BCUT2D eigenvalue weighted by molar-refractivity contribution is -0.126. The summed E-state index contributed by atoms with van der Waals surface area (Å²) in [5.74, 6) is 5.92. The van der Waals surface area contributed by atoms with Crippen molar-refractivity contribution >= 4 is 42.8 Å². The fourth-order valence-electron chi connectivity index (χ4n) is 4.44. The molecule has 39 heavy (non-hydrogen) atoms. The summed E-state index contributed by atoms with van der Waals surface area (Å²) in [5, 5.41) is 11.8. The number of thiophene rings is 1. The van der Waals surface area contributed by atoms with Crippen LogP contribution in [0.4, 0.5) is 28.9 Å². The largest absolute Gasteiger partial charge is 0.495 e. The van der Waals surface area contributed by atoms with Crippen molar-refractivity contribution in [1.82, 2.24) is 4.90 Å². The van der Waals surface area contributed by atoms with E-state index in [4.69, 9.17) is 9.88 Å². The van der Waals surface area contributed by atoms with Crippen LogP contribution in [0.1, 0.15) is 16.9 Å². The van der Waals surface area contributed by atoms with Gasteiger partial charge in [-0.15, -0.1) is 11.3 Å². The van der Waals surface area contributed by atoms with Crippen molar-refractivity contribution in [2.75, 3.05) is 44.4 Å². The molecule has 2 atom stereocenters. The van der Waals surface area contributed by atoms with Gasteiger partial charge in [0.2, 0.25) is 10.0 Å². The molecule has 1 aliphatic rings. The summed E-state index contributed by atoms with van der Waals surface area (Å²) >= 11 is 1.14. The van der Waals surface area contributed by atoms with Crippen molar-refractivity contribution in [1.29, 1.82) is 0 Å². The minimum Gasteiger partial charge on any atom is -0.495 e. The number of halogens is 4. The summed E-state index contributed by atoms with van der Waals surface area (Å²) in [6.07, 6.45) is -6.11. The summed E-state index contributed by atoms with van der Waals surface area (Å²) in [6, 6.07) is 8.64. The number of sulfonamides is 1. The highest BCUT2D eigenvalue weighted by Crippen LogP contribution is 2.39. The topological polar surface area (TPSA) is 96.7 Å². The number of alkyl halides is 4. The van der Waals surface area contributed by atoms with E-state index in [-0.39, 0.29) is 34.2 Å². The summed E-state index contributed by atoms with van der Waals surface area (Å²) in [6.45, 7) is 1.06. The number of methoxy groups -OCH3 is 1. The number of likely N-dealkylation sites (tertiary alicyclic amines) is 1. The number of hydrogen-bond acceptors (Lipinski definition) is 7. The van der Waals surface area contributed by atoms with E-state index in [1.807, 2.05) is 11.9 Å². The molecule has 0 bridgehead atoms. The monoisotopic (exact) mass is 584 g/mol. The molecule has 1 saturated heterocycles. The normalized spacial score (nSPS) is 18.4. The van der Waals surface area contributed by atoms with Crippen molar-refractivity contribution in [3.05, 3.63) is 46.8 Å². The van der Waals surface area contributed by atoms with Crippen molar-refractivity contribution < 1.29 is 30.7 Å². The number of primary sulfonamides is 1. The minimum atomic E-state index is -4.44. The number of ether oxygens (including phenoxy) is 1. The molecule has 0 saturated carbocycles. The Morgan fingerprint density at radius 1 is 1.23 bits per heavy atom. The van der Waals surface area contributed by atoms with Crippen LogP contribution in [-0.2, 0) is 16.4 Å². The third kappa shape index (κ3) is 7.13. The van der Waals surface area contributed by atoms with E-state index in [9.17, 15) is 26.0 Å². The van der Waals surface area contributed by atoms with Crippen LogP contribution in [0.15, 0.2) is 41.3 Å². The molecule has 2 unspecified atom stereocenters. The van der Waals surface area contributed by atoms with Crippen LogP contribution < -0.4 is 20.5 Å². The molecule has 0 spiro atoms. The fourth-order valence-corrected chi connectivity index (χ4v) is 6.14. The van der Waals surface area contributed by atoms with Gasteiger partial charge in [-0.1, -0.05) is 24.0 Å². The third-order valence-corrected chi connectivity index (χ3v) is 8.46. The number of piperidine rings is 1. The molecule has 0 aliphatic carbocycles. The lowest BCUT2D eigenvalue weighted by Crippen LogP contribution is -2.46. The highest BCUT2D eigenvalue weighted by Gasteiger charge is 2.32. The second-order valence-corrected chi connectivity index (χ2v) is 11.8. The molecule has 1 fully saturated rings. The van der Waals surface area contributed by atoms with E-state index in [2.05, 4.69) is 22.5 Å². The SMILES string of the molecule is COc1cc(S(N)(=O)=O)ccc1NCC#Cc1sc2c(NC3CCN(C)CC3F)cccc2c1CC(F)(F)F. The summed E-state index contributed by atoms with van der Waals surface area (Å²) in [4.78, 5) is 2.05. The van der Waals surface area contributed by atoms with E-state index in [0.29, 0.717) is 27.9 Å². The highest BCUT2D eigenvalue weighted by atomic mass is 32.2. The van der Waals surface area contributed by atoms with Gasteiger partial charge in [0.1, 0.15) is 11.9 Å². The first-order valence-electron chi connectivity index (χ1n) is 12.0. The molecule has 4 rings (SSSR count). The summed E-state index contributed by atoms with van der Waals surface area (Å²) in [7, 11) is -0.707. The number of nitrogens with one attached hydrogen (secondary N) is 2. The summed E-state index contributed by atoms with van der Waals surface area (Å²) in [5.41, 5.74) is 1.11. The van der Waals surface area contributed by atoms with Gasteiger partial charge < -0.3 is 20.3 Å². The zero-order valence-electron chi connectivity index (χ0n) is 21.2. The maximum Gasteiger partial charge on any atom is 0.393 e. The molecule has 210 valence electrons. The first kappa shape index (κ1) is 28.9. The first-order valence-corrected chi connectivity index (χ1v) is 14.4. The number of nitrogens with zero attached hydrogens (tertiary/aromatic N) is 1. The number of nitrogens with two attached hydrogens (primary N) is 1. The molecule has 7 nitrogen and oxygen atoms in total. The highest BCUT2D eigenvalue weighted by molar-refractivity contribution is 7.89. The number of benzene rings is 2. The molecule has 2 heterocycles. The predicted octanol–water partition coefficient (Wildman–Crippen LogP) is 4.58. The van der Waals surface area contributed by atoms with Crippen LogP contribution in [0.25, 0.3) is 10.1 Å². The molecular weight excluding hydrogens is 556 g/mol. The molecule has 1 aromatic heterocycles. The third-order valence-electron chi connectivity index (χ3n) is 6.35. The number of fused-ring (bicyclic) bond motifs is 1. The van der Waals surface area contributed by atoms with Gasteiger partial charge in [-0.2, -0.15) is 13.2 Å². The van der Waals surface area contributed by atoms with Crippen LogP contribution in [0.3, 0.4) is 0 Å². The zero-order chi connectivity index (χ0) is 28.4. The first-order chi connectivity index (χ1) is 18.4. The van der Waals surface area contributed by atoms with Crippen LogP contribution in [0, 0.1) is 11.8 Å². The average Bonchev–Trinajstić information content (AvgIpc) is 3.19. The van der Waals surface area contributed by atoms with Crippen molar-refractivity contribution in [3.8, 4) is 17.6 Å². The van der Waals surface area contributed by atoms with E-state index in [1.165, 1.54) is 25.3 Å². The molecule has 3 aromatic rings. The van der Waals surface area contributed by atoms with Gasteiger partial charge in [-0.05, 0) is 42.6 Å². The molecule has 4 N–H and O–H groups in total. The van der Waals surface area contributed by atoms with Crippen molar-refractivity contribution in [3.63, 3.8) is 0 Å². The number of rotatable bonds is 7.